The standard InChI is InChI=1S/C30H47NO3/c1-3-5-7-9-11-13-21-30(25-31)22-19-27(20-23-30)26-15-17-28(18-16-26)34-29(32)33-24-14-12-10-8-6-4-2/h15-18,27H,3-14,19-24H2,1-2H3/t27-,30-. The molecule has 0 spiro atoms. The molecule has 4 heteroatoms. The monoisotopic (exact) mass is 469 g/mol. The van der Waals surface area contributed by atoms with Crippen molar-refractivity contribution in [3.05, 3.63) is 29.8 Å². The van der Waals surface area contributed by atoms with E-state index in [0.717, 1.165) is 44.9 Å². The number of nitrogens with zero attached hydrogens (tertiary/aromatic N) is 1. The predicted molar refractivity (Wildman–Crippen MR) is 139 cm³/mol. The van der Waals surface area contributed by atoms with Crippen LogP contribution in [0.25, 0.3) is 0 Å². The molecule has 0 N–H and O–H groups in total. The first-order valence-electron chi connectivity index (χ1n) is 14.0. The third-order valence-electron chi connectivity index (χ3n) is 7.46. The second-order valence-corrected chi connectivity index (χ2v) is 10.2. The van der Waals surface area contributed by atoms with Crippen LogP contribution < -0.4 is 4.74 Å². The van der Waals surface area contributed by atoms with Crippen molar-refractivity contribution >= 4 is 6.16 Å². The average molecular weight is 470 g/mol. The normalized spacial score (nSPS) is 20.0. The summed E-state index contributed by atoms with van der Waals surface area (Å²) < 4.78 is 10.5. The van der Waals surface area contributed by atoms with Crippen LogP contribution in [0.3, 0.4) is 0 Å². The fourth-order valence-electron chi connectivity index (χ4n) is 5.14. The molecule has 190 valence electrons. The zero-order valence-corrected chi connectivity index (χ0v) is 21.8. The molecule has 1 saturated carbocycles. The van der Waals surface area contributed by atoms with E-state index < -0.39 is 6.16 Å². The first kappa shape index (κ1) is 28.2. The average Bonchev–Trinajstić information content (AvgIpc) is 2.86. The number of carbonyl (C=O) groups is 1. The molecular weight excluding hydrogens is 422 g/mol. The summed E-state index contributed by atoms with van der Waals surface area (Å²) in [5.74, 6) is 1.02. The van der Waals surface area contributed by atoms with E-state index >= 15 is 0 Å². The summed E-state index contributed by atoms with van der Waals surface area (Å²) in [4.78, 5) is 11.9. The summed E-state index contributed by atoms with van der Waals surface area (Å²) in [5.41, 5.74) is 1.16. The first-order valence-corrected chi connectivity index (χ1v) is 14.0. The van der Waals surface area contributed by atoms with Crippen molar-refractivity contribution in [2.45, 2.75) is 129 Å². The maximum absolute atomic E-state index is 11.9. The SMILES string of the molecule is CCCCCCCCOC(=O)Oc1ccc([C@H]2CC[C@@](C#N)(CCCCCCCC)CC2)cc1. The fraction of sp³-hybridized carbons (Fsp3) is 0.733. The minimum Gasteiger partial charge on any atom is -0.434 e. The molecule has 34 heavy (non-hydrogen) atoms. The Morgan fingerprint density at radius 2 is 1.44 bits per heavy atom. The van der Waals surface area contributed by atoms with E-state index in [0.29, 0.717) is 18.3 Å². The summed E-state index contributed by atoms with van der Waals surface area (Å²) in [7, 11) is 0. The van der Waals surface area contributed by atoms with Crippen LogP contribution in [0.5, 0.6) is 5.75 Å². The van der Waals surface area contributed by atoms with Gasteiger partial charge in [-0.25, -0.2) is 4.79 Å². The number of benzene rings is 1. The zero-order chi connectivity index (χ0) is 24.5. The van der Waals surface area contributed by atoms with Gasteiger partial charge in [-0.3, -0.25) is 0 Å². The number of unbranched alkanes of at least 4 members (excludes halogenated alkanes) is 10. The van der Waals surface area contributed by atoms with Crippen LogP contribution in [0.2, 0.25) is 0 Å². The van der Waals surface area contributed by atoms with Gasteiger partial charge in [0.25, 0.3) is 0 Å². The molecular formula is C30H47NO3. The van der Waals surface area contributed by atoms with Crippen molar-refractivity contribution in [2.24, 2.45) is 5.41 Å². The number of nitriles is 1. The van der Waals surface area contributed by atoms with Gasteiger partial charge in [0.05, 0.1) is 18.1 Å². The van der Waals surface area contributed by atoms with Gasteiger partial charge in [-0.15, -0.1) is 0 Å². The van der Waals surface area contributed by atoms with E-state index in [9.17, 15) is 10.1 Å². The molecule has 0 saturated heterocycles. The minimum absolute atomic E-state index is 0.121. The maximum Gasteiger partial charge on any atom is 0.513 e. The molecule has 2 rings (SSSR count). The number of hydrogen-bond donors (Lipinski definition) is 0. The zero-order valence-electron chi connectivity index (χ0n) is 21.8. The molecule has 0 radical (unpaired) electrons. The van der Waals surface area contributed by atoms with E-state index in [2.05, 4.69) is 32.0 Å². The molecule has 0 bridgehead atoms. The van der Waals surface area contributed by atoms with Crippen LogP contribution in [-0.2, 0) is 4.74 Å². The van der Waals surface area contributed by atoms with Crippen molar-refractivity contribution in [3.63, 3.8) is 0 Å². The largest absolute Gasteiger partial charge is 0.513 e. The number of hydrogen-bond acceptors (Lipinski definition) is 4. The highest BCUT2D eigenvalue weighted by atomic mass is 16.7. The molecule has 1 aliphatic carbocycles. The van der Waals surface area contributed by atoms with Gasteiger partial charge in [-0.2, -0.15) is 5.26 Å². The highest BCUT2D eigenvalue weighted by Crippen LogP contribution is 2.45. The summed E-state index contributed by atoms with van der Waals surface area (Å²) in [6.07, 6.45) is 19.2. The van der Waals surface area contributed by atoms with Gasteiger partial charge in [-0.05, 0) is 62.1 Å². The Balaban J connectivity index is 1.68. The van der Waals surface area contributed by atoms with Crippen molar-refractivity contribution in [1.29, 1.82) is 5.26 Å². The molecule has 0 amide bonds. The Kier molecular flexibility index (Phi) is 13.8. The van der Waals surface area contributed by atoms with E-state index in [4.69, 9.17) is 9.47 Å². The Hall–Kier alpha value is -2.02. The van der Waals surface area contributed by atoms with Crippen LogP contribution >= 0.6 is 0 Å². The fourth-order valence-corrected chi connectivity index (χ4v) is 5.14. The lowest BCUT2D eigenvalue weighted by atomic mass is 9.67. The molecule has 1 fully saturated rings. The molecule has 1 aliphatic rings. The van der Waals surface area contributed by atoms with E-state index in [1.165, 1.54) is 69.8 Å². The molecule has 4 nitrogen and oxygen atoms in total. The third-order valence-corrected chi connectivity index (χ3v) is 7.46. The van der Waals surface area contributed by atoms with E-state index in [1.807, 2.05) is 12.1 Å². The van der Waals surface area contributed by atoms with E-state index in [1.54, 1.807) is 0 Å². The van der Waals surface area contributed by atoms with Crippen molar-refractivity contribution in [2.75, 3.05) is 6.61 Å². The van der Waals surface area contributed by atoms with Gasteiger partial charge in [0.1, 0.15) is 5.75 Å². The number of rotatable bonds is 16. The second-order valence-electron chi connectivity index (χ2n) is 10.2. The Morgan fingerprint density at radius 3 is 2.03 bits per heavy atom. The summed E-state index contributed by atoms with van der Waals surface area (Å²) in [6, 6.07) is 10.5. The quantitative estimate of drug-likeness (QED) is 0.137. The number of ether oxygens (including phenoxy) is 2. The lowest BCUT2D eigenvalue weighted by Gasteiger charge is -2.35. The van der Waals surface area contributed by atoms with E-state index in [-0.39, 0.29) is 5.41 Å². The number of carbonyl (C=O) groups excluding carboxylic acids is 1. The van der Waals surface area contributed by atoms with Crippen LogP contribution in [-0.4, -0.2) is 12.8 Å². The van der Waals surface area contributed by atoms with Crippen LogP contribution in [0.1, 0.15) is 134 Å². The highest BCUT2D eigenvalue weighted by molar-refractivity contribution is 5.63. The van der Waals surface area contributed by atoms with Crippen LogP contribution in [0.4, 0.5) is 4.79 Å². The lowest BCUT2D eigenvalue weighted by Crippen LogP contribution is -2.25. The molecule has 0 aromatic heterocycles. The van der Waals surface area contributed by atoms with Gasteiger partial charge in [0.15, 0.2) is 0 Å². The summed E-state index contributed by atoms with van der Waals surface area (Å²) in [6.45, 7) is 4.87. The van der Waals surface area contributed by atoms with Gasteiger partial charge in [0.2, 0.25) is 0 Å². The molecule has 1 aromatic rings. The van der Waals surface area contributed by atoms with Crippen molar-refractivity contribution in [3.8, 4) is 11.8 Å². The lowest BCUT2D eigenvalue weighted by molar-refractivity contribution is 0.0973. The van der Waals surface area contributed by atoms with Crippen LogP contribution in [0.15, 0.2) is 24.3 Å². The predicted octanol–water partition coefficient (Wildman–Crippen LogP) is 9.48. The molecule has 0 atom stereocenters. The highest BCUT2D eigenvalue weighted by Gasteiger charge is 2.35. The summed E-state index contributed by atoms with van der Waals surface area (Å²) >= 11 is 0. The Bertz CT molecular complexity index is 714. The Morgan fingerprint density at radius 1 is 0.882 bits per heavy atom. The van der Waals surface area contributed by atoms with Crippen molar-refractivity contribution < 1.29 is 14.3 Å². The van der Waals surface area contributed by atoms with Gasteiger partial charge in [-0.1, -0.05) is 96.6 Å². The maximum atomic E-state index is 11.9. The Labute approximate surface area is 208 Å². The second kappa shape index (κ2) is 16.6. The van der Waals surface area contributed by atoms with Gasteiger partial charge in [0, 0.05) is 0 Å². The molecule has 0 aliphatic heterocycles. The van der Waals surface area contributed by atoms with Gasteiger partial charge < -0.3 is 9.47 Å². The minimum atomic E-state index is -0.618. The summed E-state index contributed by atoms with van der Waals surface area (Å²) in [5, 5.41) is 9.87. The third kappa shape index (κ3) is 10.5. The van der Waals surface area contributed by atoms with Gasteiger partial charge >= 0.3 is 6.16 Å². The molecule has 0 heterocycles. The van der Waals surface area contributed by atoms with Crippen molar-refractivity contribution in [1.82, 2.24) is 0 Å². The first-order chi connectivity index (χ1) is 16.6. The van der Waals surface area contributed by atoms with Crippen LogP contribution in [0, 0.1) is 16.7 Å². The smallest absolute Gasteiger partial charge is 0.434 e. The molecule has 0 unspecified atom stereocenters. The molecule has 1 aromatic carbocycles. The topological polar surface area (TPSA) is 59.3 Å².